The van der Waals surface area contributed by atoms with E-state index in [0.717, 1.165) is 16.7 Å². The summed E-state index contributed by atoms with van der Waals surface area (Å²) in [6.45, 7) is 3.72. The van der Waals surface area contributed by atoms with Crippen LogP contribution in [0.15, 0.2) is 42.5 Å². The van der Waals surface area contributed by atoms with Gasteiger partial charge in [0.2, 0.25) is 0 Å². The van der Waals surface area contributed by atoms with Gasteiger partial charge in [-0.1, -0.05) is 54.8 Å². The number of nitrogens with two attached hydrogens (primary N) is 2. The highest BCUT2D eigenvalue weighted by Crippen LogP contribution is 2.38. The first-order chi connectivity index (χ1) is 11.2. The minimum absolute atomic E-state index is 0.0629. The summed E-state index contributed by atoms with van der Waals surface area (Å²) in [5, 5.41) is 11.2. The average Bonchev–Trinajstić information content (AvgIpc) is 2.50. The van der Waals surface area contributed by atoms with Gasteiger partial charge >= 0.3 is 0 Å². The quantitative estimate of drug-likeness (QED) is 0.484. The molecule has 0 saturated heterocycles. The van der Waals surface area contributed by atoms with E-state index in [1.165, 1.54) is 12.1 Å². The van der Waals surface area contributed by atoms with Crippen LogP contribution in [-0.2, 0) is 5.41 Å². The second-order valence-electron chi connectivity index (χ2n) is 5.55. The van der Waals surface area contributed by atoms with Gasteiger partial charge in [0.05, 0.1) is 14.9 Å². The number of benzene rings is 2. The Balaban J connectivity index is 2.95. The molecule has 5 nitrogen and oxygen atoms in total. The highest BCUT2D eigenvalue weighted by atomic mass is 32.1. The molecule has 2 aromatic rings. The van der Waals surface area contributed by atoms with Crippen molar-refractivity contribution in [1.29, 1.82) is 0 Å². The van der Waals surface area contributed by atoms with Crippen molar-refractivity contribution in [1.82, 2.24) is 0 Å². The molecule has 0 aliphatic rings. The molecule has 0 aliphatic carbocycles. The van der Waals surface area contributed by atoms with Gasteiger partial charge in [0.15, 0.2) is 0 Å². The first-order valence-corrected chi connectivity index (χ1v) is 7.96. The fourth-order valence-electron chi connectivity index (χ4n) is 2.92. The first kappa shape index (κ1) is 18.0. The van der Waals surface area contributed by atoms with Crippen molar-refractivity contribution in [3.8, 4) is 0 Å². The van der Waals surface area contributed by atoms with Crippen molar-refractivity contribution in [2.24, 2.45) is 11.5 Å². The normalized spacial score (nSPS) is 11.1. The highest BCUT2D eigenvalue weighted by Gasteiger charge is 2.43. The van der Waals surface area contributed by atoms with Crippen LogP contribution in [0.2, 0.25) is 0 Å². The predicted octanol–water partition coefficient (Wildman–Crippen LogP) is 3.07. The van der Waals surface area contributed by atoms with Crippen molar-refractivity contribution in [3.63, 3.8) is 0 Å². The summed E-state index contributed by atoms with van der Waals surface area (Å²) >= 11 is 10.7. The number of hydrogen-bond donors (Lipinski definition) is 2. The Labute approximate surface area is 150 Å². The van der Waals surface area contributed by atoms with E-state index in [1.807, 2.05) is 38.1 Å². The second-order valence-corrected chi connectivity index (χ2v) is 6.43. The van der Waals surface area contributed by atoms with E-state index in [-0.39, 0.29) is 15.7 Å². The van der Waals surface area contributed by atoms with E-state index in [2.05, 4.69) is 0 Å². The minimum atomic E-state index is -1.24. The number of nitro groups is 1. The molecule has 0 unspecified atom stereocenters. The lowest BCUT2D eigenvalue weighted by Gasteiger charge is -2.35. The van der Waals surface area contributed by atoms with Gasteiger partial charge in [-0.05, 0) is 36.1 Å². The third kappa shape index (κ3) is 2.76. The summed E-state index contributed by atoms with van der Waals surface area (Å²) in [7, 11) is 0. The Morgan fingerprint density at radius 3 is 2.04 bits per heavy atom. The van der Waals surface area contributed by atoms with E-state index >= 15 is 0 Å². The number of aryl methyl sites for hydroxylation is 2. The molecule has 0 spiro atoms. The maximum atomic E-state index is 11.2. The van der Waals surface area contributed by atoms with Crippen molar-refractivity contribution in [2.45, 2.75) is 19.3 Å². The molecule has 0 heterocycles. The van der Waals surface area contributed by atoms with Gasteiger partial charge in [0.25, 0.3) is 5.69 Å². The average molecular weight is 359 g/mol. The van der Waals surface area contributed by atoms with Crippen LogP contribution in [0.4, 0.5) is 5.69 Å². The lowest BCUT2D eigenvalue weighted by molar-refractivity contribution is -0.384. The van der Waals surface area contributed by atoms with Gasteiger partial charge in [-0.15, -0.1) is 0 Å². The maximum Gasteiger partial charge on any atom is 0.269 e. The molecule has 24 heavy (non-hydrogen) atoms. The Kier molecular flexibility index (Phi) is 4.96. The van der Waals surface area contributed by atoms with E-state index in [4.69, 9.17) is 35.9 Å². The third-order valence-corrected chi connectivity index (χ3v) is 4.74. The van der Waals surface area contributed by atoms with E-state index < -0.39 is 10.3 Å². The van der Waals surface area contributed by atoms with Gasteiger partial charge in [-0.25, -0.2) is 0 Å². The number of nitro benzene ring substituents is 1. The molecule has 0 fully saturated rings. The number of hydrogen-bond acceptors (Lipinski definition) is 4. The molecular weight excluding hydrogens is 342 g/mol. The summed E-state index contributed by atoms with van der Waals surface area (Å²) in [5.74, 6) is 0. The van der Waals surface area contributed by atoms with Crippen molar-refractivity contribution in [2.75, 3.05) is 0 Å². The fraction of sp³-hybridized carbons (Fsp3) is 0.176. The Hall–Kier alpha value is -2.38. The van der Waals surface area contributed by atoms with Crippen molar-refractivity contribution >= 4 is 40.1 Å². The molecule has 0 aromatic heterocycles. The van der Waals surface area contributed by atoms with Gasteiger partial charge in [-0.2, -0.15) is 0 Å². The molecule has 124 valence electrons. The molecule has 2 rings (SSSR count). The van der Waals surface area contributed by atoms with Crippen LogP contribution in [0, 0.1) is 24.0 Å². The molecule has 0 radical (unpaired) electrons. The largest absolute Gasteiger partial charge is 0.392 e. The van der Waals surface area contributed by atoms with E-state index in [1.54, 1.807) is 6.07 Å². The van der Waals surface area contributed by atoms with Crippen LogP contribution in [0.25, 0.3) is 0 Å². The van der Waals surface area contributed by atoms with Gasteiger partial charge < -0.3 is 11.5 Å². The van der Waals surface area contributed by atoms with E-state index in [0.29, 0.717) is 5.56 Å². The summed E-state index contributed by atoms with van der Waals surface area (Å²) in [6.07, 6.45) is 0. The summed E-state index contributed by atoms with van der Waals surface area (Å²) < 4.78 is 0. The molecule has 0 atom stereocenters. The Bertz CT molecular complexity index is 835. The van der Waals surface area contributed by atoms with Crippen molar-refractivity contribution in [3.05, 3.63) is 74.8 Å². The standard InChI is InChI=1S/C17H17N3O2S2/c1-10-5-3-4-6-13(10)17(15(18)23,16(19)24)14-9-12(20(21)22)8-7-11(14)2/h3-9H,1-2H3,(H2,18,23)(H2,19,24). The van der Waals surface area contributed by atoms with Gasteiger partial charge in [0.1, 0.15) is 5.41 Å². The number of non-ortho nitro benzene ring substituents is 1. The predicted molar refractivity (Wildman–Crippen MR) is 103 cm³/mol. The maximum absolute atomic E-state index is 11.2. The van der Waals surface area contributed by atoms with Crippen molar-refractivity contribution < 1.29 is 4.92 Å². The summed E-state index contributed by atoms with van der Waals surface area (Å²) in [4.78, 5) is 10.9. The second kappa shape index (κ2) is 6.62. The number of nitrogens with zero attached hydrogens (tertiary/aromatic N) is 1. The topological polar surface area (TPSA) is 95.2 Å². The SMILES string of the molecule is Cc1ccccc1C(C(N)=S)(C(N)=S)c1cc([N+](=O)[O-])ccc1C. The fourth-order valence-corrected chi connectivity index (χ4v) is 3.64. The first-order valence-electron chi connectivity index (χ1n) is 7.14. The highest BCUT2D eigenvalue weighted by molar-refractivity contribution is 7.82. The Morgan fingerprint density at radius 2 is 1.54 bits per heavy atom. The minimum Gasteiger partial charge on any atom is -0.392 e. The van der Waals surface area contributed by atoms with Crippen LogP contribution in [0.1, 0.15) is 22.3 Å². The third-order valence-electron chi connectivity index (χ3n) is 4.12. The smallest absolute Gasteiger partial charge is 0.269 e. The van der Waals surface area contributed by atoms with Gasteiger partial charge in [0, 0.05) is 12.1 Å². The van der Waals surface area contributed by atoms with Crippen LogP contribution >= 0.6 is 24.4 Å². The lowest BCUT2D eigenvalue weighted by Crippen LogP contribution is -2.51. The van der Waals surface area contributed by atoms with Crippen LogP contribution in [0.5, 0.6) is 0 Å². The summed E-state index contributed by atoms with van der Waals surface area (Å²) in [5.41, 5.74) is 13.8. The molecule has 0 aliphatic heterocycles. The lowest BCUT2D eigenvalue weighted by atomic mass is 9.71. The molecule has 4 N–H and O–H groups in total. The zero-order valence-electron chi connectivity index (χ0n) is 13.3. The molecule has 0 amide bonds. The van der Waals surface area contributed by atoms with Crippen LogP contribution < -0.4 is 11.5 Å². The number of rotatable bonds is 5. The summed E-state index contributed by atoms with van der Waals surface area (Å²) in [6, 6.07) is 12.0. The molecule has 0 saturated carbocycles. The Morgan fingerprint density at radius 1 is 1.00 bits per heavy atom. The van der Waals surface area contributed by atoms with E-state index in [9.17, 15) is 10.1 Å². The van der Waals surface area contributed by atoms with Gasteiger partial charge in [-0.3, -0.25) is 10.1 Å². The monoisotopic (exact) mass is 359 g/mol. The zero-order chi connectivity index (χ0) is 18.1. The van der Waals surface area contributed by atoms with Crippen LogP contribution in [0.3, 0.4) is 0 Å². The molecule has 2 aromatic carbocycles. The number of thiocarbonyl (C=S) groups is 2. The molecular formula is C17H17N3O2S2. The molecule has 7 heteroatoms. The van der Waals surface area contributed by atoms with Crippen LogP contribution in [-0.4, -0.2) is 14.9 Å². The zero-order valence-corrected chi connectivity index (χ0v) is 14.9. The molecule has 0 bridgehead atoms.